The van der Waals surface area contributed by atoms with Gasteiger partial charge in [-0.2, -0.15) is 4.98 Å². The van der Waals surface area contributed by atoms with E-state index in [1.165, 1.54) is 0 Å². The minimum Gasteiger partial charge on any atom is -0.481 e. The van der Waals surface area contributed by atoms with E-state index in [1.54, 1.807) is 13.2 Å². The molecule has 0 spiro atoms. The lowest BCUT2D eigenvalue weighted by atomic mass is 9.97. The highest BCUT2D eigenvalue weighted by Gasteiger charge is 2.15. The van der Waals surface area contributed by atoms with Crippen LogP contribution >= 0.6 is 0 Å². The van der Waals surface area contributed by atoms with Gasteiger partial charge in [0.2, 0.25) is 5.88 Å². The van der Waals surface area contributed by atoms with Gasteiger partial charge in [0.25, 0.3) is 0 Å². The van der Waals surface area contributed by atoms with Crippen molar-refractivity contribution in [2.24, 2.45) is 5.92 Å². The fourth-order valence-corrected chi connectivity index (χ4v) is 1.84. The second-order valence-corrected chi connectivity index (χ2v) is 4.09. The Bertz CT molecular complexity index is 327. The molecule has 1 aromatic heterocycles. The van der Waals surface area contributed by atoms with Crippen LogP contribution in [-0.2, 0) is 0 Å². The van der Waals surface area contributed by atoms with Gasteiger partial charge in [0, 0.05) is 12.6 Å². The van der Waals surface area contributed by atoms with Crippen LogP contribution in [0.4, 0.5) is 5.82 Å². The monoisotopic (exact) mass is 238 g/mol. The smallest absolute Gasteiger partial charge is 0.214 e. The number of rotatable bonds is 7. The van der Waals surface area contributed by atoms with Crippen molar-refractivity contribution in [1.29, 1.82) is 0 Å². The maximum Gasteiger partial charge on any atom is 0.214 e. The summed E-state index contributed by atoms with van der Waals surface area (Å²) in [5.74, 6) is 1.65. The molecular weight excluding hydrogens is 216 g/mol. The lowest BCUT2D eigenvalue weighted by molar-refractivity contribution is 0.114. The van der Waals surface area contributed by atoms with Crippen molar-refractivity contribution in [3.8, 4) is 5.88 Å². The topological polar surface area (TPSA) is 54.4 Å². The number of nitrogens with one attached hydrogen (secondary N) is 1. The highest BCUT2D eigenvalue weighted by atomic mass is 16.5. The first-order valence-electron chi connectivity index (χ1n) is 6.14. The molecule has 17 heavy (non-hydrogen) atoms. The number of aliphatic hydroxyl groups excluding tert-OH is 1. The molecule has 0 saturated carbocycles. The summed E-state index contributed by atoms with van der Waals surface area (Å²) in [6.45, 7) is 4.72. The third-order valence-corrected chi connectivity index (χ3v) is 3.02. The van der Waals surface area contributed by atoms with Crippen LogP contribution in [0.3, 0.4) is 0 Å². The second-order valence-electron chi connectivity index (χ2n) is 4.09. The zero-order chi connectivity index (χ0) is 12.7. The zero-order valence-corrected chi connectivity index (χ0v) is 10.8. The lowest BCUT2D eigenvalue weighted by Crippen LogP contribution is -2.27. The van der Waals surface area contributed by atoms with Crippen LogP contribution in [0.25, 0.3) is 0 Å². The number of ether oxygens (including phenoxy) is 1. The summed E-state index contributed by atoms with van der Waals surface area (Å²) in [5, 5.41) is 13.1. The molecule has 0 saturated heterocycles. The van der Waals surface area contributed by atoms with Crippen LogP contribution in [0.2, 0.25) is 0 Å². The summed E-state index contributed by atoms with van der Waals surface area (Å²) >= 11 is 0. The van der Waals surface area contributed by atoms with E-state index in [2.05, 4.69) is 24.1 Å². The van der Waals surface area contributed by atoms with Crippen LogP contribution < -0.4 is 10.1 Å². The molecular formula is C13H22N2O2. The average Bonchev–Trinajstić information content (AvgIpc) is 2.38. The van der Waals surface area contributed by atoms with Crippen molar-refractivity contribution in [2.45, 2.75) is 32.8 Å². The maximum atomic E-state index is 9.98. The van der Waals surface area contributed by atoms with E-state index < -0.39 is 0 Å². The molecule has 0 radical (unpaired) electrons. The quantitative estimate of drug-likeness (QED) is 0.765. The minimum absolute atomic E-state index is 0.335. The van der Waals surface area contributed by atoms with Crippen LogP contribution in [0, 0.1) is 5.92 Å². The SMILES string of the molecule is CCC(CC)C(O)CNc1cccc(OC)n1. The molecule has 0 aliphatic rings. The second kappa shape index (κ2) is 7.12. The van der Waals surface area contributed by atoms with Crippen LogP contribution in [0.5, 0.6) is 5.88 Å². The number of pyridine rings is 1. The van der Waals surface area contributed by atoms with Crippen molar-refractivity contribution in [3.05, 3.63) is 18.2 Å². The molecule has 0 aliphatic carbocycles. The van der Waals surface area contributed by atoms with Crippen molar-refractivity contribution in [3.63, 3.8) is 0 Å². The molecule has 1 unspecified atom stereocenters. The molecule has 4 nitrogen and oxygen atoms in total. The van der Waals surface area contributed by atoms with E-state index in [0.29, 0.717) is 18.3 Å². The molecule has 96 valence electrons. The van der Waals surface area contributed by atoms with Crippen LogP contribution in [0.15, 0.2) is 18.2 Å². The van der Waals surface area contributed by atoms with E-state index in [9.17, 15) is 5.11 Å². The summed E-state index contributed by atoms with van der Waals surface area (Å²) in [5.41, 5.74) is 0. The molecule has 1 heterocycles. The van der Waals surface area contributed by atoms with Gasteiger partial charge < -0.3 is 15.2 Å². The molecule has 0 fully saturated rings. The number of aromatic nitrogens is 1. The van der Waals surface area contributed by atoms with Crippen molar-refractivity contribution < 1.29 is 9.84 Å². The Morgan fingerprint density at radius 1 is 1.35 bits per heavy atom. The highest BCUT2D eigenvalue weighted by Crippen LogP contribution is 2.15. The maximum absolute atomic E-state index is 9.98. The molecule has 0 amide bonds. The largest absolute Gasteiger partial charge is 0.481 e. The van der Waals surface area contributed by atoms with Gasteiger partial charge >= 0.3 is 0 Å². The summed E-state index contributed by atoms with van der Waals surface area (Å²) in [6.07, 6.45) is 1.65. The van der Waals surface area contributed by atoms with E-state index >= 15 is 0 Å². The molecule has 1 rings (SSSR count). The Hall–Kier alpha value is -1.29. The summed E-state index contributed by atoms with van der Waals surface area (Å²) in [4.78, 5) is 4.23. The molecule has 0 aliphatic heterocycles. The number of hydrogen-bond acceptors (Lipinski definition) is 4. The number of anilines is 1. The number of hydrogen-bond donors (Lipinski definition) is 2. The molecule has 4 heteroatoms. The van der Waals surface area contributed by atoms with Gasteiger partial charge in [-0.05, 0) is 12.0 Å². The number of methoxy groups -OCH3 is 1. The first kappa shape index (κ1) is 13.8. The van der Waals surface area contributed by atoms with Gasteiger partial charge in [-0.1, -0.05) is 32.8 Å². The Labute approximate surface area is 103 Å². The highest BCUT2D eigenvalue weighted by molar-refractivity contribution is 5.37. The van der Waals surface area contributed by atoms with Crippen LogP contribution in [0.1, 0.15) is 26.7 Å². The molecule has 2 N–H and O–H groups in total. The summed E-state index contributed by atoms with van der Waals surface area (Å²) < 4.78 is 5.04. The fraction of sp³-hybridized carbons (Fsp3) is 0.615. The van der Waals surface area contributed by atoms with Gasteiger partial charge in [-0.15, -0.1) is 0 Å². The van der Waals surface area contributed by atoms with E-state index in [4.69, 9.17) is 4.74 Å². The van der Waals surface area contributed by atoms with E-state index in [0.717, 1.165) is 18.7 Å². The van der Waals surface area contributed by atoms with Gasteiger partial charge in [0.05, 0.1) is 13.2 Å². The van der Waals surface area contributed by atoms with Crippen LogP contribution in [-0.4, -0.2) is 29.8 Å². The number of aliphatic hydroxyl groups is 1. The summed E-state index contributed by atoms with van der Waals surface area (Å²) in [7, 11) is 1.59. The normalized spacial score (nSPS) is 12.5. The Kier molecular flexibility index (Phi) is 5.77. The van der Waals surface area contributed by atoms with E-state index in [-0.39, 0.29) is 6.10 Å². The third kappa shape index (κ3) is 4.23. The third-order valence-electron chi connectivity index (χ3n) is 3.02. The Morgan fingerprint density at radius 2 is 2.06 bits per heavy atom. The lowest BCUT2D eigenvalue weighted by Gasteiger charge is -2.20. The number of nitrogens with zero attached hydrogens (tertiary/aromatic N) is 1. The van der Waals surface area contributed by atoms with Crippen molar-refractivity contribution >= 4 is 5.82 Å². The predicted octanol–water partition coefficient (Wildman–Crippen LogP) is 2.30. The van der Waals surface area contributed by atoms with Gasteiger partial charge in [0.1, 0.15) is 5.82 Å². The molecule has 0 aromatic carbocycles. The van der Waals surface area contributed by atoms with Gasteiger partial charge in [0.15, 0.2) is 0 Å². The van der Waals surface area contributed by atoms with Crippen molar-refractivity contribution in [1.82, 2.24) is 4.98 Å². The minimum atomic E-state index is -0.335. The zero-order valence-electron chi connectivity index (χ0n) is 10.8. The molecule has 1 atom stereocenters. The Morgan fingerprint density at radius 3 is 2.65 bits per heavy atom. The Balaban J connectivity index is 2.49. The molecule has 0 bridgehead atoms. The predicted molar refractivity (Wildman–Crippen MR) is 69.4 cm³/mol. The molecule has 1 aromatic rings. The standard InChI is InChI=1S/C13H22N2O2/c1-4-10(5-2)11(16)9-14-12-7-6-8-13(15-12)17-3/h6-8,10-11,16H,4-5,9H2,1-3H3,(H,14,15). The first-order chi connectivity index (χ1) is 8.21. The van der Waals surface area contributed by atoms with Crippen molar-refractivity contribution in [2.75, 3.05) is 19.0 Å². The summed E-state index contributed by atoms with van der Waals surface area (Å²) in [6, 6.07) is 5.53. The fourth-order valence-electron chi connectivity index (χ4n) is 1.84. The van der Waals surface area contributed by atoms with Gasteiger partial charge in [-0.3, -0.25) is 0 Å². The average molecular weight is 238 g/mol. The van der Waals surface area contributed by atoms with Gasteiger partial charge in [-0.25, -0.2) is 0 Å². The van der Waals surface area contributed by atoms with E-state index in [1.807, 2.05) is 12.1 Å². The first-order valence-corrected chi connectivity index (χ1v) is 6.14.